The maximum atomic E-state index is 6.34. The van der Waals surface area contributed by atoms with Crippen molar-refractivity contribution >= 4 is 30.0 Å². The number of nitrogens with zero attached hydrogens (tertiary/aromatic N) is 5. The maximum absolute atomic E-state index is 6.34. The lowest BCUT2D eigenvalue weighted by atomic mass is 10.2. The minimum absolute atomic E-state index is 0.446. The van der Waals surface area contributed by atoms with Gasteiger partial charge in [0, 0.05) is 6.54 Å². The first-order valence-corrected chi connectivity index (χ1v) is 7.10. The van der Waals surface area contributed by atoms with Crippen LogP contribution < -0.4 is 0 Å². The lowest BCUT2D eigenvalue weighted by Gasteiger charge is -2.05. The van der Waals surface area contributed by atoms with Crippen molar-refractivity contribution < 1.29 is 0 Å². The molecule has 108 valence electrons. The third-order valence-electron chi connectivity index (χ3n) is 2.76. The van der Waals surface area contributed by atoms with E-state index in [4.69, 9.17) is 23.8 Å². The van der Waals surface area contributed by atoms with E-state index in [9.17, 15) is 0 Å². The average Bonchev–Trinajstić information content (AvgIpc) is 2.80. The summed E-state index contributed by atoms with van der Waals surface area (Å²) in [6.07, 6.45) is 1.67. The van der Waals surface area contributed by atoms with Gasteiger partial charge in [0.15, 0.2) is 0 Å². The molecule has 1 N–H and O–H groups in total. The van der Waals surface area contributed by atoms with Crippen molar-refractivity contribution in [3.05, 3.63) is 27.0 Å². The van der Waals surface area contributed by atoms with Crippen molar-refractivity contribution in [1.82, 2.24) is 24.7 Å². The third kappa shape index (κ3) is 2.99. The normalized spacial score (nSPS) is 11.9. The topological polar surface area (TPSA) is 63.8 Å². The predicted molar refractivity (Wildman–Crippen MR) is 82.0 cm³/mol. The molecule has 6 nitrogen and oxygen atoms in total. The summed E-state index contributed by atoms with van der Waals surface area (Å²) < 4.78 is 3.79. The minimum atomic E-state index is 0.446. The van der Waals surface area contributed by atoms with Crippen molar-refractivity contribution in [3.63, 3.8) is 0 Å². The highest BCUT2D eigenvalue weighted by Gasteiger charge is 2.12. The van der Waals surface area contributed by atoms with E-state index < -0.39 is 0 Å². The van der Waals surface area contributed by atoms with Crippen molar-refractivity contribution in [2.24, 2.45) is 11.0 Å². The Morgan fingerprint density at radius 1 is 1.45 bits per heavy atom. The lowest BCUT2D eigenvalue weighted by Crippen LogP contribution is -2.06. The Hall–Kier alpha value is -1.47. The number of hydrogen-bond acceptors (Lipinski definition) is 4. The second-order valence-electron chi connectivity index (χ2n) is 5.00. The molecule has 0 aliphatic rings. The predicted octanol–water partition coefficient (Wildman–Crippen LogP) is 2.95. The van der Waals surface area contributed by atoms with E-state index in [0.717, 1.165) is 17.8 Å². The van der Waals surface area contributed by atoms with Crippen LogP contribution in [0.15, 0.2) is 5.10 Å². The van der Waals surface area contributed by atoms with Crippen LogP contribution in [0.4, 0.5) is 0 Å². The maximum Gasteiger partial charge on any atom is 0.216 e. The smallest absolute Gasteiger partial charge is 0.216 e. The van der Waals surface area contributed by atoms with Crippen molar-refractivity contribution in [2.75, 3.05) is 0 Å². The standard InChI is InChI=1S/C12H17ClN6S/c1-7(2)6-18-11(13)10(8(3)17-18)5-14-19-9(4)15-16-12(19)20/h5,7H,6H2,1-4H3,(H,16,20)/b14-5+. The fourth-order valence-corrected chi connectivity index (χ4v) is 2.32. The van der Waals surface area contributed by atoms with Crippen LogP contribution in [0, 0.1) is 24.5 Å². The SMILES string of the molecule is Cc1nn(CC(C)C)c(Cl)c1/C=N/n1c(C)n[nH]c1=S. The molecule has 2 aromatic rings. The van der Waals surface area contributed by atoms with Crippen molar-refractivity contribution in [1.29, 1.82) is 0 Å². The number of aryl methyl sites for hydroxylation is 2. The Kier molecular flexibility index (Phi) is 4.39. The van der Waals surface area contributed by atoms with Gasteiger partial charge in [-0.1, -0.05) is 25.4 Å². The Morgan fingerprint density at radius 2 is 2.15 bits per heavy atom. The van der Waals surface area contributed by atoms with Gasteiger partial charge in [-0.3, -0.25) is 9.78 Å². The van der Waals surface area contributed by atoms with Crippen LogP contribution in [-0.2, 0) is 6.54 Å². The Balaban J connectivity index is 2.35. The van der Waals surface area contributed by atoms with E-state index in [2.05, 4.69) is 34.2 Å². The van der Waals surface area contributed by atoms with Gasteiger partial charge >= 0.3 is 0 Å². The van der Waals surface area contributed by atoms with Gasteiger partial charge in [0.25, 0.3) is 0 Å². The highest BCUT2D eigenvalue weighted by molar-refractivity contribution is 7.71. The van der Waals surface area contributed by atoms with E-state index in [1.54, 1.807) is 15.6 Å². The van der Waals surface area contributed by atoms with Gasteiger partial charge in [0.1, 0.15) is 11.0 Å². The van der Waals surface area contributed by atoms with E-state index in [-0.39, 0.29) is 0 Å². The summed E-state index contributed by atoms with van der Waals surface area (Å²) in [6.45, 7) is 8.74. The summed E-state index contributed by atoms with van der Waals surface area (Å²) in [7, 11) is 0. The number of H-pyrrole nitrogens is 1. The molecular formula is C12H17ClN6S. The van der Waals surface area contributed by atoms with Gasteiger partial charge in [0.2, 0.25) is 4.77 Å². The largest absolute Gasteiger partial charge is 0.253 e. The van der Waals surface area contributed by atoms with Crippen molar-refractivity contribution in [2.45, 2.75) is 34.2 Å². The molecule has 0 saturated carbocycles. The second kappa shape index (κ2) is 5.88. The quantitative estimate of drug-likeness (QED) is 0.697. The fourth-order valence-electron chi connectivity index (χ4n) is 1.80. The molecule has 0 saturated heterocycles. The average molecular weight is 313 g/mol. The van der Waals surface area contributed by atoms with Crippen LogP contribution >= 0.6 is 23.8 Å². The summed E-state index contributed by atoms with van der Waals surface area (Å²) in [4.78, 5) is 0. The molecule has 2 aromatic heterocycles. The molecule has 0 aromatic carbocycles. The summed E-state index contributed by atoms with van der Waals surface area (Å²) in [5.41, 5.74) is 1.64. The van der Waals surface area contributed by atoms with Gasteiger partial charge in [0.05, 0.1) is 17.5 Å². The highest BCUT2D eigenvalue weighted by atomic mass is 35.5. The molecule has 0 unspecified atom stereocenters. The van der Waals surface area contributed by atoms with Crippen LogP contribution in [0.2, 0.25) is 5.15 Å². The summed E-state index contributed by atoms with van der Waals surface area (Å²) in [5.74, 6) is 1.16. The summed E-state index contributed by atoms with van der Waals surface area (Å²) >= 11 is 11.4. The molecule has 0 radical (unpaired) electrons. The van der Waals surface area contributed by atoms with E-state index in [0.29, 0.717) is 21.7 Å². The van der Waals surface area contributed by atoms with Gasteiger partial charge in [-0.25, -0.2) is 0 Å². The third-order valence-corrected chi connectivity index (χ3v) is 3.42. The van der Waals surface area contributed by atoms with Crippen molar-refractivity contribution in [3.8, 4) is 0 Å². The number of rotatable bonds is 4. The first-order valence-electron chi connectivity index (χ1n) is 6.31. The molecule has 0 aliphatic carbocycles. The Morgan fingerprint density at radius 3 is 2.70 bits per heavy atom. The molecular weight excluding hydrogens is 296 g/mol. The number of halogens is 1. The van der Waals surface area contributed by atoms with Gasteiger partial charge < -0.3 is 0 Å². The molecule has 20 heavy (non-hydrogen) atoms. The molecule has 0 fully saturated rings. The number of hydrogen-bond donors (Lipinski definition) is 1. The second-order valence-corrected chi connectivity index (χ2v) is 5.74. The molecule has 2 rings (SSSR count). The van der Waals surface area contributed by atoms with Crippen LogP contribution in [0.1, 0.15) is 30.9 Å². The molecule has 2 heterocycles. The molecule has 0 aliphatic heterocycles. The summed E-state index contributed by atoms with van der Waals surface area (Å²) in [5, 5.41) is 16.0. The highest BCUT2D eigenvalue weighted by Crippen LogP contribution is 2.19. The van der Waals surface area contributed by atoms with Gasteiger partial charge in [-0.15, -0.1) is 0 Å². The van der Waals surface area contributed by atoms with Crippen LogP contribution in [0.5, 0.6) is 0 Å². The fraction of sp³-hybridized carbons (Fsp3) is 0.500. The van der Waals surface area contributed by atoms with E-state index >= 15 is 0 Å². The molecule has 0 bridgehead atoms. The molecule has 8 heteroatoms. The monoisotopic (exact) mass is 312 g/mol. The Bertz CT molecular complexity index is 693. The zero-order valence-corrected chi connectivity index (χ0v) is 13.5. The zero-order valence-electron chi connectivity index (χ0n) is 11.9. The molecule has 0 atom stereocenters. The minimum Gasteiger partial charge on any atom is -0.253 e. The molecule has 0 spiro atoms. The number of aromatic nitrogens is 5. The van der Waals surface area contributed by atoms with E-state index in [1.165, 1.54) is 0 Å². The summed E-state index contributed by atoms with van der Waals surface area (Å²) in [6, 6.07) is 0. The Labute approximate surface area is 127 Å². The molecule has 0 amide bonds. The van der Waals surface area contributed by atoms with Crippen LogP contribution in [0.3, 0.4) is 0 Å². The first-order chi connectivity index (χ1) is 9.40. The zero-order chi connectivity index (χ0) is 14.9. The first kappa shape index (κ1) is 14.9. The van der Waals surface area contributed by atoms with E-state index in [1.807, 2.05) is 13.8 Å². The number of nitrogens with one attached hydrogen (secondary N) is 1. The van der Waals surface area contributed by atoms with Crippen LogP contribution in [0.25, 0.3) is 0 Å². The number of aromatic amines is 1. The lowest BCUT2D eigenvalue weighted by molar-refractivity contribution is 0.482. The van der Waals surface area contributed by atoms with Crippen LogP contribution in [-0.4, -0.2) is 30.9 Å². The van der Waals surface area contributed by atoms with Gasteiger partial charge in [-0.05, 0) is 32.0 Å². The van der Waals surface area contributed by atoms with Gasteiger partial charge in [-0.2, -0.15) is 20.0 Å².